The minimum absolute atomic E-state index is 0.676. The molecule has 0 rings (SSSR count). The molecule has 0 aromatic heterocycles. The monoisotopic (exact) mass is 109 g/mol. The second kappa shape index (κ2) is 4.31. The first-order valence-electron chi connectivity index (χ1n) is 2.59. The van der Waals surface area contributed by atoms with Gasteiger partial charge in [0.05, 0.1) is 0 Å². The number of allylic oxidation sites excluding steroid dienone is 2. The van der Waals surface area contributed by atoms with Gasteiger partial charge in [-0.15, -0.1) is 13.2 Å². The molecule has 0 heterocycles. The van der Waals surface area contributed by atoms with Gasteiger partial charge in [0.1, 0.15) is 0 Å². The van der Waals surface area contributed by atoms with Gasteiger partial charge in [0.2, 0.25) is 0 Å². The van der Waals surface area contributed by atoms with Crippen molar-refractivity contribution in [2.75, 3.05) is 0 Å². The van der Waals surface area contributed by atoms with E-state index in [9.17, 15) is 0 Å². The fraction of sp³-hybridized carbons (Fsp3) is 0.286. The lowest BCUT2D eigenvalue weighted by atomic mass is 10.2. The third-order valence-electron chi connectivity index (χ3n) is 0.781. The van der Waals surface area contributed by atoms with Crippen LogP contribution >= 0.6 is 0 Å². The fourth-order valence-electron chi connectivity index (χ4n) is 0.432. The van der Waals surface area contributed by atoms with Crippen LogP contribution in [0, 0.1) is 5.41 Å². The Labute approximate surface area is 50.2 Å². The summed E-state index contributed by atoms with van der Waals surface area (Å²) in [6, 6.07) is 0. The molecule has 44 valence electrons. The standard InChI is InChI=1S/C7H11N/c1-3-5-7(8)6-4-2/h3-4,8H,1-2,5-6H2. The highest BCUT2D eigenvalue weighted by molar-refractivity contribution is 5.83. The average molecular weight is 109 g/mol. The fourth-order valence-corrected chi connectivity index (χ4v) is 0.432. The van der Waals surface area contributed by atoms with E-state index in [2.05, 4.69) is 13.2 Å². The molecule has 0 fully saturated rings. The number of rotatable bonds is 4. The second-order valence-corrected chi connectivity index (χ2v) is 1.59. The maximum atomic E-state index is 7.15. The van der Waals surface area contributed by atoms with Crippen molar-refractivity contribution >= 4 is 5.71 Å². The first kappa shape index (κ1) is 7.15. The van der Waals surface area contributed by atoms with Crippen LogP contribution in [0.15, 0.2) is 25.3 Å². The van der Waals surface area contributed by atoms with E-state index in [-0.39, 0.29) is 0 Å². The van der Waals surface area contributed by atoms with Crippen molar-refractivity contribution in [2.45, 2.75) is 12.8 Å². The van der Waals surface area contributed by atoms with E-state index >= 15 is 0 Å². The molecule has 0 atom stereocenters. The van der Waals surface area contributed by atoms with Crippen LogP contribution in [0.5, 0.6) is 0 Å². The summed E-state index contributed by atoms with van der Waals surface area (Å²) in [5.41, 5.74) is 0.676. The maximum Gasteiger partial charge on any atom is 0.0164 e. The molecule has 0 unspecified atom stereocenters. The zero-order chi connectivity index (χ0) is 6.41. The van der Waals surface area contributed by atoms with Crippen molar-refractivity contribution in [2.24, 2.45) is 0 Å². The molecule has 0 radical (unpaired) electrons. The molecular weight excluding hydrogens is 98.1 g/mol. The summed E-state index contributed by atoms with van der Waals surface area (Å²) < 4.78 is 0. The maximum absolute atomic E-state index is 7.15. The Bertz CT molecular complexity index is 91.0. The molecular formula is C7H11N. The van der Waals surface area contributed by atoms with Gasteiger partial charge >= 0.3 is 0 Å². The Balaban J connectivity index is 3.32. The molecule has 0 aromatic carbocycles. The van der Waals surface area contributed by atoms with E-state index in [1.165, 1.54) is 0 Å². The lowest BCUT2D eigenvalue weighted by Gasteiger charge is -1.90. The van der Waals surface area contributed by atoms with E-state index in [1.807, 2.05) is 0 Å². The van der Waals surface area contributed by atoms with Crippen molar-refractivity contribution in [3.63, 3.8) is 0 Å². The van der Waals surface area contributed by atoms with E-state index in [0.29, 0.717) is 18.6 Å². The molecule has 1 nitrogen and oxygen atoms in total. The van der Waals surface area contributed by atoms with Gasteiger partial charge < -0.3 is 5.41 Å². The van der Waals surface area contributed by atoms with E-state index in [4.69, 9.17) is 5.41 Å². The number of hydrogen-bond acceptors (Lipinski definition) is 1. The molecule has 1 N–H and O–H groups in total. The number of nitrogens with one attached hydrogen (secondary N) is 1. The predicted molar refractivity (Wildman–Crippen MR) is 37.4 cm³/mol. The van der Waals surface area contributed by atoms with Crippen molar-refractivity contribution in [1.82, 2.24) is 0 Å². The highest BCUT2D eigenvalue weighted by atomic mass is 14.4. The topological polar surface area (TPSA) is 23.9 Å². The second-order valence-electron chi connectivity index (χ2n) is 1.59. The third kappa shape index (κ3) is 3.34. The Hall–Kier alpha value is -0.850. The first-order valence-corrected chi connectivity index (χ1v) is 2.59. The molecule has 0 bridgehead atoms. The van der Waals surface area contributed by atoms with Crippen LogP contribution in [0.1, 0.15) is 12.8 Å². The van der Waals surface area contributed by atoms with Crippen LogP contribution in [0.3, 0.4) is 0 Å². The highest BCUT2D eigenvalue weighted by Gasteiger charge is 1.85. The van der Waals surface area contributed by atoms with Crippen LogP contribution < -0.4 is 0 Å². The normalized spacial score (nSPS) is 8.00. The van der Waals surface area contributed by atoms with E-state index < -0.39 is 0 Å². The molecule has 0 saturated heterocycles. The Kier molecular flexibility index (Phi) is 3.85. The molecule has 0 aliphatic rings. The predicted octanol–water partition coefficient (Wildman–Crippen LogP) is 2.16. The van der Waals surface area contributed by atoms with Gasteiger partial charge in [-0.25, -0.2) is 0 Å². The number of hydrogen-bond donors (Lipinski definition) is 1. The van der Waals surface area contributed by atoms with E-state index in [0.717, 1.165) is 0 Å². The van der Waals surface area contributed by atoms with Crippen LogP contribution in [0.2, 0.25) is 0 Å². The molecule has 0 spiro atoms. The molecule has 0 aromatic rings. The summed E-state index contributed by atoms with van der Waals surface area (Å²) in [5.74, 6) is 0. The summed E-state index contributed by atoms with van der Waals surface area (Å²) in [7, 11) is 0. The Morgan fingerprint density at radius 2 is 1.62 bits per heavy atom. The zero-order valence-electron chi connectivity index (χ0n) is 4.98. The SMILES string of the molecule is C=CCC(=N)CC=C. The lowest BCUT2D eigenvalue weighted by Crippen LogP contribution is -1.89. The summed E-state index contributed by atoms with van der Waals surface area (Å²) in [6.07, 6.45) is 4.83. The van der Waals surface area contributed by atoms with Gasteiger partial charge in [-0.1, -0.05) is 12.2 Å². The van der Waals surface area contributed by atoms with Crippen LogP contribution in [-0.4, -0.2) is 5.71 Å². The van der Waals surface area contributed by atoms with Gasteiger partial charge in [-0.05, 0) is 0 Å². The van der Waals surface area contributed by atoms with Crippen molar-refractivity contribution in [3.05, 3.63) is 25.3 Å². The Morgan fingerprint density at radius 3 is 1.88 bits per heavy atom. The largest absolute Gasteiger partial charge is 0.309 e. The molecule has 8 heavy (non-hydrogen) atoms. The van der Waals surface area contributed by atoms with Crippen molar-refractivity contribution in [3.8, 4) is 0 Å². The summed E-state index contributed by atoms with van der Waals surface area (Å²) in [4.78, 5) is 0. The molecule has 0 saturated carbocycles. The van der Waals surface area contributed by atoms with Gasteiger partial charge in [0.25, 0.3) is 0 Å². The van der Waals surface area contributed by atoms with Crippen molar-refractivity contribution < 1.29 is 0 Å². The summed E-state index contributed by atoms with van der Waals surface area (Å²) in [5, 5.41) is 7.15. The van der Waals surface area contributed by atoms with Gasteiger partial charge in [-0.2, -0.15) is 0 Å². The molecule has 0 aliphatic heterocycles. The molecule has 1 heteroatoms. The summed E-state index contributed by atoms with van der Waals surface area (Å²) >= 11 is 0. The highest BCUT2D eigenvalue weighted by Crippen LogP contribution is 1.89. The lowest BCUT2D eigenvalue weighted by molar-refractivity contribution is 1.27. The van der Waals surface area contributed by atoms with Gasteiger partial charge in [-0.3, -0.25) is 0 Å². The van der Waals surface area contributed by atoms with Gasteiger partial charge in [0, 0.05) is 18.6 Å². The molecule has 0 aliphatic carbocycles. The Morgan fingerprint density at radius 1 is 1.25 bits per heavy atom. The zero-order valence-corrected chi connectivity index (χ0v) is 4.98. The van der Waals surface area contributed by atoms with Gasteiger partial charge in [0.15, 0.2) is 0 Å². The third-order valence-corrected chi connectivity index (χ3v) is 0.781. The quantitative estimate of drug-likeness (QED) is 0.422. The summed E-state index contributed by atoms with van der Waals surface area (Å²) in [6.45, 7) is 7.02. The smallest absolute Gasteiger partial charge is 0.0164 e. The van der Waals surface area contributed by atoms with Crippen molar-refractivity contribution in [1.29, 1.82) is 5.41 Å². The molecule has 0 amide bonds. The van der Waals surface area contributed by atoms with Crippen LogP contribution in [0.4, 0.5) is 0 Å². The minimum atomic E-state index is 0.676. The van der Waals surface area contributed by atoms with Crippen LogP contribution in [-0.2, 0) is 0 Å². The average Bonchev–Trinajstić information content (AvgIpc) is 1.68. The first-order chi connectivity index (χ1) is 3.81. The minimum Gasteiger partial charge on any atom is -0.309 e. The van der Waals surface area contributed by atoms with Crippen LogP contribution in [0.25, 0.3) is 0 Å². The van der Waals surface area contributed by atoms with E-state index in [1.54, 1.807) is 12.2 Å².